The Hall–Kier alpha value is -3.26. The van der Waals surface area contributed by atoms with Crippen molar-refractivity contribution < 1.29 is 19.3 Å². The van der Waals surface area contributed by atoms with Gasteiger partial charge in [-0.25, -0.2) is 0 Å². The van der Waals surface area contributed by atoms with Crippen molar-refractivity contribution in [1.82, 2.24) is 5.32 Å². The monoisotopic (exact) mass is 458 g/mol. The van der Waals surface area contributed by atoms with Gasteiger partial charge in [-0.1, -0.05) is 78.4 Å². The van der Waals surface area contributed by atoms with Gasteiger partial charge >= 0.3 is 0 Å². The molecule has 0 aliphatic heterocycles. The first kappa shape index (κ1) is 29.7. The number of nitrogens with zero attached hydrogens (tertiary/aromatic N) is 3. The van der Waals surface area contributed by atoms with Crippen molar-refractivity contribution >= 4 is 22.9 Å². The van der Waals surface area contributed by atoms with Crippen molar-refractivity contribution in [3.8, 4) is 0 Å². The summed E-state index contributed by atoms with van der Waals surface area (Å²) in [6, 6.07) is 0. The molecule has 0 aromatic carbocycles. The molecule has 33 heavy (non-hydrogen) atoms. The van der Waals surface area contributed by atoms with Crippen molar-refractivity contribution in [2.24, 2.45) is 21.4 Å². The molecular formula is C25H38N4O4. The summed E-state index contributed by atoms with van der Waals surface area (Å²) in [5.74, 6) is -0.264. The minimum atomic E-state index is -0.229. The van der Waals surface area contributed by atoms with Gasteiger partial charge in [-0.3, -0.25) is 4.79 Å². The molecular weight excluding hydrogens is 420 g/mol. The van der Waals surface area contributed by atoms with E-state index in [4.69, 9.17) is 14.5 Å². The number of ketones is 1. The smallest absolute Gasteiger partial charge is 0.198 e. The summed E-state index contributed by atoms with van der Waals surface area (Å²) in [6.07, 6.45) is 14.0. The Balaban J connectivity index is 5.99. The first-order valence-corrected chi connectivity index (χ1v) is 10.8. The van der Waals surface area contributed by atoms with Gasteiger partial charge in [0.15, 0.2) is 11.5 Å². The highest BCUT2D eigenvalue weighted by Gasteiger charge is 2.19. The van der Waals surface area contributed by atoms with Gasteiger partial charge < -0.3 is 19.8 Å². The Labute approximate surface area is 198 Å². The van der Waals surface area contributed by atoms with Gasteiger partial charge in [0.1, 0.15) is 32.2 Å². The molecule has 0 aliphatic rings. The molecule has 8 nitrogen and oxygen atoms in total. The van der Waals surface area contributed by atoms with E-state index in [1.165, 1.54) is 14.2 Å². The second-order valence-electron chi connectivity index (χ2n) is 6.84. The molecule has 0 bridgehead atoms. The van der Waals surface area contributed by atoms with E-state index in [0.717, 1.165) is 6.42 Å². The molecule has 1 N–H and O–H groups in total. The van der Waals surface area contributed by atoms with Crippen molar-refractivity contribution in [2.75, 3.05) is 34.4 Å². The van der Waals surface area contributed by atoms with E-state index in [1.807, 2.05) is 57.2 Å². The maximum atomic E-state index is 12.5. The van der Waals surface area contributed by atoms with Crippen LogP contribution in [-0.4, -0.2) is 57.3 Å². The van der Waals surface area contributed by atoms with Crippen LogP contribution in [0.4, 0.5) is 0 Å². The van der Waals surface area contributed by atoms with Gasteiger partial charge in [-0.2, -0.15) is 0 Å². The number of rotatable bonds is 16. The number of likely N-dealkylation sites (N-methyl/N-ethyl adjacent to an activating group) is 1. The van der Waals surface area contributed by atoms with Gasteiger partial charge in [0.2, 0.25) is 0 Å². The molecule has 0 spiro atoms. The predicted octanol–water partition coefficient (Wildman–Crippen LogP) is 4.39. The van der Waals surface area contributed by atoms with Crippen LogP contribution in [0.25, 0.3) is 0 Å². The first-order chi connectivity index (χ1) is 15.9. The maximum Gasteiger partial charge on any atom is 0.198 e. The summed E-state index contributed by atoms with van der Waals surface area (Å²) >= 11 is 0. The van der Waals surface area contributed by atoms with E-state index in [9.17, 15) is 4.79 Å². The summed E-state index contributed by atoms with van der Waals surface area (Å²) < 4.78 is 0. The number of nitrogens with one attached hydrogen (secondary N) is 1. The fourth-order valence-electron chi connectivity index (χ4n) is 2.70. The van der Waals surface area contributed by atoms with E-state index >= 15 is 0 Å². The lowest BCUT2D eigenvalue weighted by atomic mass is 10.00. The van der Waals surface area contributed by atoms with E-state index in [0.29, 0.717) is 22.6 Å². The van der Waals surface area contributed by atoms with E-state index in [-0.39, 0.29) is 30.6 Å². The Morgan fingerprint density at radius 2 is 1.85 bits per heavy atom. The normalized spacial score (nSPS) is 15.2. The molecule has 0 heterocycles. The number of carbonyl (C=O) groups excluding carboxylic acids is 1. The highest BCUT2D eigenvalue weighted by molar-refractivity contribution is 6.47. The fourth-order valence-corrected chi connectivity index (χ4v) is 2.70. The highest BCUT2D eigenvalue weighted by atomic mass is 16.6. The summed E-state index contributed by atoms with van der Waals surface area (Å²) in [4.78, 5) is 28.1. The lowest BCUT2D eigenvalue weighted by Gasteiger charge is -2.12. The lowest BCUT2D eigenvalue weighted by molar-refractivity contribution is -0.112. The third-order valence-electron chi connectivity index (χ3n) is 4.26. The minimum absolute atomic E-state index is 0.0353. The van der Waals surface area contributed by atoms with Crippen LogP contribution in [-0.2, 0) is 19.3 Å². The molecule has 0 amide bonds. The van der Waals surface area contributed by atoms with E-state index < -0.39 is 0 Å². The Kier molecular flexibility index (Phi) is 16.5. The summed E-state index contributed by atoms with van der Waals surface area (Å²) in [5.41, 5.74) is 2.58. The van der Waals surface area contributed by atoms with Gasteiger partial charge in [-0.05, 0) is 27.3 Å². The van der Waals surface area contributed by atoms with Gasteiger partial charge in [-0.15, -0.1) is 0 Å². The number of hydrogen-bond donors (Lipinski definition) is 1. The second-order valence-corrected chi connectivity index (χ2v) is 6.84. The first-order valence-electron chi connectivity index (χ1n) is 10.8. The maximum absolute atomic E-state index is 12.5. The van der Waals surface area contributed by atoms with Crippen LogP contribution in [0, 0.1) is 5.92 Å². The number of allylic oxidation sites excluding steroid dienone is 7. The Morgan fingerprint density at radius 1 is 1.15 bits per heavy atom. The molecule has 0 radical (unpaired) electrons. The number of Topliss-reactive ketones (excluding diaryl/α,β-unsaturated/α-hetero) is 1. The molecule has 0 saturated carbocycles. The zero-order valence-electron chi connectivity index (χ0n) is 20.9. The fraction of sp³-hybridized carbons (Fsp3) is 0.440. The predicted molar refractivity (Wildman–Crippen MR) is 137 cm³/mol. The van der Waals surface area contributed by atoms with Crippen LogP contribution in [0.2, 0.25) is 0 Å². The number of hydrogen-bond acceptors (Lipinski definition) is 8. The molecule has 0 aromatic rings. The van der Waals surface area contributed by atoms with Gasteiger partial charge in [0, 0.05) is 17.1 Å². The lowest BCUT2D eigenvalue weighted by Crippen LogP contribution is -2.28. The average molecular weight is 459 g/mol. The molecule has 0 fully saturated rings. The molecule has 8 heteroatoms. The molecule has 0 rings (SSSR count). The summed E-state index contributed by atoms with van der Waals surface area (Å²) in [6.45, 7) is 11.8. The molecule has 0 saturated heterocycles. The second kappa shape index (κ2) is 18.3. The number of carbonyl (C=O) groups is 1. The van der Waals surface area contributed by atoms with Gasteiger partial charge in [0.25, 0.3) is 0 Å². The van der Waals surface area contributed by atoms with Crippen molar-refractivity contribution in [2.45, 2.75) is 34.1 Å². The standard InChI is InChI=1S/C25H38N4O4/c1-9-12-14-15-19(4)24(28-31-7)20(5)27-33-18-21(16-13-10-2)22(11-3)25(29-32-8)23(30)17-26-6/h9,11-16,19,26H,3,10,17-18H2,1-2,4-8H3/b12-9-,15-14-,16-13+,22-21-,27-20+,28-24+,29-25+. The Bertz CT molecular complexity index is 833. The van der Waals surface area contributed by atoms with Crippen molar-refractivity contribution in [3.05, 3.63) is 60.3 Å². The van der Waals surface area contributed by atoms with Crippen molar-refractivity contribution in [1.29, 1.82) is 0 Å². The SMILES string of the molecule is C=CC(=C(\C=C\CC)CO/N=C(C)/C(=N/OC)C(C)/C=C\C=C/C)/C(=N\OC)C(=O)CNC. The molecule has 0 aliphatic carbocycles. The quantitative estimate of drug-likeness (QED) is 0.210. The molecule has 1 atom stereocenters. The van der Waals surface area contributed by atoms with Crippen LogP contribution < -0.4 is 5.32 Å². The van der Waals surface area contributed by atoms with Crippen LogP contribution in [0.5, 0.6) is 0 Å². The zero-order chi connectivity index (χ0) is 25.1. The highest BCUT2D eigenvalue weighted by Crippen LogP contribution is 2.14. The topological polar surface area (TPSA) is 93.9 Å². The number of oxime groups is 3. The minimum Gasteiger partial charge on any atom is -0.399 e. The zero-order valence-corrected chi connectivity index (χ0v) is 20.9. The molecule has 0 aromatic heterocycles. The molecule has 1 unspecified atom stereocenters. The Morgan fingerprint density at radius 3 is 2.39 bits per heavy atom. The molecule has 182 valence electrons. The van der Waals surface area contributed by atoms with Crippen LogP contribution >= 0.6 is 0 Å². The van der Waals surface area contributed by atoms with E-state index in [1.54, 1.807) is 20.0 Å². The summed E-state index contributed by atoms with van der Waals surface area (Å²) in [5, 5.41) is 15.1. The van der Waals surface area contributed by atoms with Crippen LogP contribution in [0.15, 0.2) is 75.7 Å². The van der Waals surface area contributed by atoms with Crippen LogP contribution in [0.3, 0.4) is 0 Å². The van der Waals surface area contributed by atoms with Crippen molar-refractivity contribution in [3.63, 3.8) is 0 Å². The largest absolute Gasteiger partial charge is 0.399 e. The van der Waals surface area contributed by atoms with Crippen LogP contribution in [0.1, 0.15) is 34.1 Å². The average Bonchev–Trinajstić information content (AvgIpc) is 2.80. The third kappa shape index (κ3) is 11.2. The van der Waals surface area contributed by atoms with Gasteiger partial charge in [0.05, 0.1) is 6.54 Å². The summed E-state index contributed by atoms with van der Waals surface area (Å²) in [7, 11) is 4.57. The third-order valence-corrected chi connectivity index (χ3v) is 4.26. The van der Waals surface area contributed by atoms with E-state index in [2.05, 4.69) is 27.4 Å².